The molecular formula is C23H19N3O5S. The number of aliphatic imine (C=N–C) groups is 1. The number of thioether (sulfide) groups is 1. The number of hydrogen-bond donors (Lipinski definition) is 3. The van der Waals surface area contributed by atoms with Gasteiger partial charge in [0.2, 0.25) is 0 Å². The van der Waals surface area contributed by atoms with Gasteiger partial charge in [-0.3, -0.25) is 14.8 Å². The van der Waals surface area contributed by atoms with Gasteiger partial charge in [-0.15, -0.1) is 0 Å². The summed E-state index contributed by atoms with van der Waals surface area (Å²) >= 11 is 1.17. The van der Waals surface area contributed by atoms with Gasteiger partial charge in [0.05, 0.1) is 24.1 Å². The number of amidine groups is 1. The Bertz CT molecular complexity index is 1260. The molecule has 1 aliphatic rings. The molecule has 3 N–H and O–H groups in total. The van der Waals surface area contributed by atoms with Gasteiger partial charge in [-0.25, -0.2) is 4.79 Å². The second kappa shape index (κ2) is 9.21. The Morgan fingerprint density at radius 3 is 2.75 bits per heavy atom. The molecule has 1 saturated heterocycles. The van der Waals surface area contributed by atoms with Crippen molar-refractivity contribution in [1.29, 1.82) is 0 Å². The summed E-state index contributed by atoms with van der Waals surface area (Å²) in [6, 6.07) is 14.1. The molecule has 3 aromatic rings. The molecule has 4 rings (SSSR count). The van der Waals surface area contributed by atoms with E-state index >= 15 is 0 Å². The number of hydrogen-bond acceptors (Lipinski definition) is 7. The number of aromatic nitrogens is 1. The van der Waals surface area contributed by atoms with Crippen molar-refractivity contribution in [1.82, 2.24) is 10.3 Å². The van der Waals surface area contributed by atoms with Crippen molar-refractivity contribution in [2.24, 2.45) is 4.99 Å². The first kappa shape index (κ1) is 21.5. The normalized spacial score (nSPS) is 17.0. The van der Waals surface area contributed by atoms with Crippen LogP contribution in [0.2, 0.25) is 0 Å². The van der Waals surface area contributed by atoms with Crippen LogP contribution in [0.1, 0.15) is 27.5 Å². The highest BCUT2D eigenvalue weighted by atomic mass is 32.2. The van der Waals surface area contributed by atoms with Crippen molar-refractivity contribution in [3.8, 4) is 5.75 Å². The lowest BCUT2D eigenvalue weighted by atomic mass is 10.1. The molecule has 9 heteroatoms. The van der Waals surface area contributed by atoms with Crippen molar-refractivity contribution in [2.45, 2.75) is 6.04 Å². The molecule has 1 aromatic heterocycles. The van der Waals surface area contributed by atoms with Crippen molar-refractivity contribution >= 4 is 45.8 Å². The van der Waals surface area contributed by atoms with Gasteiger partial charge in [-0.05, 0) is 41.1 Å². The van der Waals surface area contributed by atoms with E-state index in [1.807, 2.05) is 30.3 Å². The summed E-state index contributed by atoms with van der Waals surface area (Å²) in [5.41, 5.74) is 2.07. The zero-order valence-corrected chi connectivity index (χ0v) is 17.8. The number of fused-ring (bicyclic) bond motifs is 1. The number of rotatable bonds is 6. The minimum Gasteiger partial charge on any atom is -0.495 e. The van der Waals surface area contributed by atoms with Crippen molar-refractivity contribution in [2.75, 3.05) is 13.7 Å². The summed E-state index contributed by atoms with van der Waals surface area (Å²) in [5.74, 6) is -1.23. The van der Waals surface area contributed by atoms with E-state index in [-0.39, 0.29) is 23.8 Å². The molecule has 1 atom stereocenters. The number of benzene rings is 2. The first-order chi connectivity index (χ1) is 15.5. The maximum atomic E-state index is 12.5. The topological polar surface area (TPSA) is 121 Å². The van der Waals surface area contributed by atoms with Crippen LogP contribution in [0.15, 0.2) is 64.6 Å². The predicted octanol–water partition coefficient (Wildman–Crippen LogP) is 3.24. The summed E-state index contributed by atoms with van der Waals surface area (Å²) < 4.78 is 5.31. The zero-order chi connectivity index (χ0) is 22.7. The highest BCUT2D eigenvalue weighted by molar-refractivity contribution is 8.18. The number of carboxylic acid groups (broad SMARTS) is 1. The number of aromatic carboxylic acids is 1. The smallest absolute Gasteiger partial charge is 0.341 e. The molecule has 0 aliphatic carbocycles. The van der Waals surface area contributed by atoms with Crippen LogP contribution in [-0.2, 0) is 4.79 Å². The monoisotopic (exact) mass is 449 g/mol. The van der Waals surface area contributed by atoms with E-state index in [0.29, 0.717) is 26.5 Å². The van der Waals surface area contributed by atoms with E-state index in [2.05, 4.69) is 15.3 Å². The van der Waals surface area contributed by atoms with Crippen LogP contribution in [0.3, 0.4) is 0 Å². The summed E-state index contributed by atoms with van der Waals surface area (Å²) in [6.07, 6.45) is 2.94. The molecule has 1 aliphatic heterocycles. The summed E-state index contributed by atoms with van der Waals surface area (Å²) in [4.78, 5) is 33.0. The number of carbonyl (C=O) groups excluding carboxylic acids is 1. The van der Waals surface area contributed by atoms with Crippen LogP contribution in [0.5, 0.6) is 5.75 Å². The van der Waals surface area contributed by atoms with Crippen molar-refractivity contribution < 1.29 is 24.5 Å². The number of carboxylic acids is 1. The fourth-order valence-electron chi connectivity index (χ4n) is 3.33. The van der Waals surface area contributed by atoms with Crippen molar-refractivity contribution in [3.05, 3.63) is 76.3 Å². The lowest BCUT2D eigenvalue weighted by molar-refractivity contribution is -0.115. The molecule has 0 spiro atoms. The van der Waals surface area contributed by atoms with Crippen molar-refractivity contribution in [3.63, 3.8) is 0 Å². The van der Waals surface area contributed by atoms with E-state index in [1.165, 1.54) is 25.1 Å². The first-order valence-electron chi connectivity index (χ1n) is 9.64. The molecule has 2 aromatic carbocycles. The third kappa shape index (κ3) is 4.34. The number of ether oxygens (including phenoxy) is 1. The highest BCUT2D eigenvalue weighted by Gasteiger charge is 2.25. The summed E-state index contributed by atoms with van der Waals surface area (Å²) in [7, 11) is 1.40. The largest absolute Gasteiger partial charge is 0.495 e. The number of carbonyl (C=O) groups is 2. The molecule has 1 fully saturated rings. The molecule has 8 nitrogen and oxygen atoms in total. The van der Waals surface area contributed by atoms with Gasteiger partial charge >= 0.3 is 5.97 Å². The maximum Gasteiger partial charge on any atom is 0.341 e. The molecule has 0 radical (unpaired) electrons. The SMILES string of the molecule is COc1c(C(=O)O)cnc2ccc(C=C3SC(=N[C@@H](CO)c4ccccc4)NC3=O)cc12. The number of aliphatic hydroxyl groups excluding tert-OH is 1. The van der Waals surface area contributed by atoms with Crippen LogP contribution in [0.25, 0.3) is 17.0 Å². The van der Waals surface area contributed by atoms with Gasteiger partial charge in [0.25, 0.3) is 5.91 Å². The van der Waals surface area contributed by atoms with Gasteiger partial charge in [-0.1, -0.05) is 36.4 Å². The Morgan fingerprint density at radius 2 is 2.06 bits per heavy atom. The lowest BCUT2D eigenvalue weighted by Crippen LogP contribution is -2.21. The average Bonchev–Trinajstić information content (AvgIpc) is 3.15. The van der Waals surface area contributed by atoms with E-state index in [4.69, 9.17) is 4.74 Å². The number of nitrogens with zero attached hydrogens (tertiary/aromatic N) is 2. The third-order valence-electron chi connectivity index (χ3n) is 4.86. The van der Waals surface area contributed by atoms with Crippen LogP contribution in [-0.4, -0.2) is 46.0 Å². The molecular weight excluding hydrogens is 430 g/mol. The third-order valence-corrected chi connectivity index (χ3v) is 5.78. The summed E-state index contributed by atoms with van der Waals surface area (Å²) in [6.45, 7) is -0.188. The highest BCUT2D eigenvalue weighted by Crippen LogP contribution is 2.32. The van der Waals surface area contributed by atoms with E-state index in [0.717, 1.165) is 5.56 Å². The Labute approximate surface area is 187 Å². The average molecular weight is 449 g/mol. The number of aliphatic hydroxyl groups is 1. The molecule has 162 valence electrons. The number of pyridine rings is 1. The van der Waals surface area contributed by atoms with Crippen LogP contribution in [0, 0.1) is 0 Å². The maximum absolute atomic E-state index is 12.5. The molecule has 32 heavy (non-hydrogen) atoms. The van der Waals surface area contributed by atoms with Gasteiger partial charge < -0.3 is 20.3 Å². The molecule has 1 amide bonds. The van der Waals surface area contributed by atoms with Crippen LogP contribution in [0.4, 0.5) is 0 Å². The lowest BCUT2D eigenvalue weighted by Gasteiger charge is -2.10. The Balaban J connectivity index is 1.65. The second-order valence-electron chi connectivity index (χ2n) is 6.89. The minimum absolute atomic E-state index is 0.0387. The number of methoxy groups -OCH3 is 1. The van der Waals surface area contributed by atoms with Crippen LogP contribution >= 0.6 is 11.8 Å². The fourth-order valence-corrected chi connectivity index (χ4v) is 4.20. The van der Waals surface area contributed by atoms with E-state index in [1.54, 1.807) is 24.3 Å². The number of nitrogens with one attached hydrogen (secondary N) is 1. The van der Waals surface area contributed by atoms with Crippen LogP contribution < -0.4 is 10.1 Å². The zero-order valence-electron chi connectivity index (χ0n) is 17.0. The first-order valence-corrected chi connectivity index (χ1v) is 10.5. The second-order valence-corrected chi connectivity index (χ2v) is 7.93. The van der Waals surface area contributed by atoms with Gasteiger partial charge in [0, 0.05) is 11.6 Å². The predicted molar refractivity (Wildman–Crippen MR) is 123 cm³/mol. The van der Waals surface area contributed by atoms with Gasteiger partial charge in [0.1, 0.15) is 17.4 Å². The summed E-state index contributed by atoms with van der Waals surface area (Å²) in [5, 5.41) is 22.7. The quantitative estimate of drug-likeness (QED) is 0.494. The van der Waals surface area contributed by atoms with E-state index in [9.17, 15) is 19.8 Å². The molecule has 0 saturated carbocycles. The molecule has 2 heterocycles. The molecule has 0 unspecified atom stereocenters. The Hall–Kier alpha value is -3.69. The fraction of sp³-hybridized carbons (Fsp3) is 0.130. The van der Waals surface area contributed by atoms with E-state index < -0.39 is 12.0 Å². The Morgan fingerprint density at radius 1 is 1.28 bits per heavy atom. The minimum atomic E-state index is -1.14. The van der Waals surface area contributed by atoms with Gasteiger partial charge in [0.15, 0.2) is 5.17 Å². The number of amides is 1. The molecule has 0 bridgehead atoms. The Kier molecular flexibility index (Phi) is 6.20. The van der Waals surface area contributed by atoms with Gasteiger partial charge in [-0.2, -0.15) is 0 Å². The standard InChI is InChI=1S/C23H19N3O5S/c1-31-20-15-9-13(7-8-17(15)24-11-16(20)22(29)30)10-19-21(28)26-23(32-19)25-18(12-27)14-5-3-2-4-6-14/h2-11,18,27H,12H2,1H3,(H,29,30)(H,25,26,28)/t18-/m0/s1.